The van der Waals surface area contributed by atoms with Crippen LogP contribution >= 0.6 is 0 Å². The normalized spacial score (nSPS) is 11.4. The van der Waals surface area contributed by atoms with Gasteiger partial charge in [0.2, 0.25) is 5.52 Å². The minimum Gasteiger partial charge on any atom is -0.359 e. The quantitative estimate of drug-likeness (QED) is 0.476. The second-order valence-electron chi connectivity index (χ2n) is 4.06. The van der Waals surface area contributed by atoms with E-state index in [-0.39, 0.29) is 0 Å². The molecule has 4 aromatic rings. The lowest BCUT2D eigenvalue weighted by Crippen LogP contribution is -2.22. The summed E-state index contributed by atoms with van der Waals surface area (Å²) in [6.45, 7) is 0. The number of benzene rings is 2. The number of hydrogen-bond acceptors (Lipinski definition) is 5. The minimum absolute atomic E-state index is 0.340. The molecule has 92 valence electrons. The lowest BCUT2D eigenvalue weighted by Gasteiger charge is -1.95. The van der Waals surface area contributed by atoms with Gasteiger partial charge >= 0.3 is 0 Å². The number of para-hydroxylation sites is 1. The van der Waals surface area contributed by atoms with E-state index in [1.54, 1.807) is 12.1 Å². The zero-order valence-electron chi connectivity index (χ0n) is 9.59. The third kappa shape index (κ3) is 1.38. The molecule has 0 saturated heterocycles. The summed E-state index contributed by atoms with van der Waals surface area (Å²) in [5, 5.41) is 23.8. The predicted octanol–water partition coefficient (Wildman–Crippen LogP) is 1.20. The summed E-state index contributed by atoms with van der Waals surface area (Å²) in [5.74, 6) is 0. The van der Waals surface area contributed by atoms with Crippen molar-refractivity contribution < 1.29 is 9.53 Å². The number of rotatable bonds is 1. The Morgan fingerprint density at radius 3 is 2.68 bits per heavy atom. The minimum atomic E-state index is 0.340. The highest BCUT2D eigenvalue weighted by Gasteiger charge is 2.17. The first-order valence-electron chi connectivity index (χ1n) is 5.64. The Balaban J connectivity index is 2.04. The van der Waals surface area contributed by atoms with Crippen LogP contribution in [0.5, 0.6) is 0 Å². The average Bonchev–Trinajstić information content (AvgIpc) is 3.03. The van der Waals surface area contributed by atoms with E-state index in [4.69, 9.17) is 0 Å². The molecule has 19 heavy (non-hydrogen) atoms. The van der Waals surface area contributed by atoms with Gasteiger partial charge in [-0.3, -0.25) is 4.63 Å². The van der Waals surface area contributed by atoms with Gasteiger partial charge in [-0.25, -0.2) is 0 Å². The monoisotopic (exact) mass is 253 g/mol. The molecule has 0 amide bonds. The van der Waals surface area contributed by atoms with Gasteiger partial charge in [-0.05, 0) is 29.2 Å². The molecule has 2 aromatic carbocycles. The van der Waals surface area contributed by atoms with Crippen molar-refractivity contribution in [3.05, 3.63) is 47.7 Å². The average molecular weight is 253 g/mol. The lowest BCUT2D eigenvalue weighted by atomic mass is 10.3. The Hall–Kier alpha value is -2.96. The molecule has 0 unspecified atom stereocenters. The molecule has 7 nitrogen and oxygen atoms in total. The molecule has 0 aliphatic carbocycles. The molecule has 2 heterocycles. The number of hydrogen-bond donors (Lipinski definition) is 0. The molecule has 2 aromatic heterocycles. The molecule has 7 heteroatoms. The van der Waals surface area contributed by atoms with Gasteiger partial charge in [0.1, 0.15) is 5.52 Å². The molecule has 0 saturated carbocycles. The maximum atomic E-state index is 11.3. The van der Waals surface area contributed by atoms with E-state index in [1.165, 1.54) is 4.80 Å². The van der Waals surface area contributed by atoms with Crippen LogP contribution in [-0.4, -0.2) is 20.2 Å². The van der Waals surface area contributed by atoms with Crippen LogP contribution in [0.1, 0.15) is 0 Å². The SMILES string of the molecule is [O-][n+]1onc2c3nn(-c4ccccc4)nc3ccc21. The van der Waals surface area contributed by atoms with E-state index < -0.39 is 0 Å². The van der Waals surface area contributed by atoms with Gasteiger partial charge < -0.3 is 5.21 Å². The predicted molar refractivity (Wildman–Crippen MR) is 65.4 cm³/mol. The van der Waals surface area contributed by atoms with E-state index in [0.29, 0.717) is 27.0 Å². The highest BCUT2D eigenvalue weighted by Crippen LogP contribution is 2.19. The molecule has 0 spiro atoms. The standard InChI is InChI=1S/C12H7N5O2/c18-17-10-7-6-9-11(12(10)15-19-17)14-16(13-9)8-4-2-1-3-5-8/h1-7H. The van der Waals surface area contributed by atoms with Gasteiger partial charge in [0.25, 0.3) is 5.52 Å². The fourth-order valence-corrected chi connectivity index (χ4v) is 1.99. The van der Waals surface area contributed by atoms with Crippen LogP contribution in [0.15, 0.2) is 47.1 Å². The Kier molecular flexibility index (Phi) is 1.85. The first kappa shape index (κ1) is 10.0. The summed E-state index contributed by atoms with van der Waals surface area (Å²) in [6, 6.07) is 12.9. The van der Waals surface area contributed by atoms with Crippen molar-refractivity contribution in [1.29, 1.82) is 0 Å². The molecule has 0 radical (unpaired) electrons. The summed E-state index contributed by atoms with van der Waals surface area (Å²) in [5.41, 5.74) is 2.79. The zero-order valence-corrected chi connectivity index (χ0v) is 9.59. The number of nitrogens with zero attached hydrogens (tertiary/aromatic N) is 5. The molecule has 4 rings (SSSR count). The molecule has 0 N–H and O–H groups in total. The summed E-state index contributed by atoms with van der Waals surface area (Å²) in [7, 11) is 0. The molecule has 0 fully saturated rings. The Labute approximate surface area is 106 Å². The van der Waals surface area contributed by atoms with Gasteiger partial charge in [-0.1, -0.05) is 18.2 Å². The Bertz CT molecular complexity index is 881. The topological polar surface area (TPSA) is 83.7 Å². The maximum absolute atomic E-state index is 11.3. The van der Waals surface area contributed by atoms with Gasteiger partial charge in [0.15, 0.2) is 5.52 Å². The molecular formula is C12H7N5O2. The largest absolute Gasteiger partial charge is 0.359 e. The van der Waals surface area contributed by atoms with E-state index in [0.717, 1.165) is 5.69 Å². The highest BCUT2D eigenvalue weighted by molar-refractivity contribution is 5.97. The summed E-state index contributed by atoms with van der Waals surface area (Å²) >= 11 is 0. The van der Waals surface area contributed by atoms with Crippen molar-refractivity contribution in [1.82, 2.24) is 20.2 Å². The first-order chi connectivity index (χ1) is 9.33. The molecule has 0 bridgehead atoms. The summed E-state index contributed by atoms with van der Waals surface area (Å²) in [4.78, 5) is 1.87. The van der Waals surface area contributed by atoms with Crippen LogP contribution < -0.4 is 4.90 Å². The fourth-order valence-electron chi connectivity index (χ4n) is 1.99. The van der Waals surface area contributed by atoms with E-state index in [1.807, 2.05) is 30.3 Å². The summed E-state index contributed by atoms with van der Waals surface area (Å²) < 4.78 is 4.57. The number of fused-ring (bicyclic) bond motifs is 3. The second-order valence-corrected chi connectivity index (χ2v) is 4.06. The third-order valence-electron chi connectivity index (χ3n) is 2.90. The van der Waals surface area contributed by atoms with Crippen molar-refractivity contribution in [2.75, 3.05) is 0 Å². The Morgan fingerprint density at radius 1 is 1.00 bits per heavy atom. The lowest BCUT2D eigenvalue weighted by molar-refractivity contribution is -0.782. The highest BCUT2D eigenvalue weighted by atomic mass is 16.8. The molecule has 0 atom stereocenters. The van der Waals surface area contributed by atoms with Crippen LogP contribution in [0, 0.1) is 5.21 Å². The maximum Gasteiger partial charge on any atom is 0.278 e. The second kappa shape index (κ2) is 3.52. The zero-order chi connectivity index (χ0) is 12.8. The van der Waals surface area contributed by atoms with Crippen molar-refractivity contribution in [3.8, 4) is 5.69 Å². The fraction of sp³-hybridized carbons (Fsp3) is 0. The smallest absolute Gasteiger partial charge is 0.278 e. The first-order valence-corrected chi connectivity index (χ1v) is 5.64. The van der Waals surface area contributed by atoms with Gasteiger partial charge in [-0.15, -0.1) is 10.2 Å². The van der Waals surface area contributed by atoms with Crippen molar-refractivity contribution in [2.45, 2.75) is 0 Å². The van der Waals surface area contributed by atoms with Crippen molar-refractivity contribution >= 4 is 22.1 Å². The third-order valence-corrected chi connectivity index (χ3v) is 2.90. The van der Waals surface area contributed by atoms with Gasteiger partial charge in [-0.2, -0.15) is 4.80 Å². The molecule has 0 aliphatic rings. The van der Waals surface area contributed by atoms with Crippen LogP contribution in [-0.2, 0) is 0 Å². The summed E-state index contributed by atoms with van der Waals surface area (Å²) in [6.07, 6.45) is 0. The van der Waals surface area contributed by atoms with Crippen LogP contribution in [0.2, 0.25) is 0 Å². The molecular weight excluding hydrogens is 246 g/mol. The van der Waals surface area contributed by atoms with Gasteiger partial charge in [0.05, 0.1) is 5.69 Å². The van der Waals surface area contributed by atoms with E-state index in [2.05, 4.69) is 20.0 Å². The number of aromatic nitrogens is 5. The van der Waals surface area contributed by atoms with Crippen LogP contribution in [0.25, 0.3) is 27.8 Å². The van der Waals surface area contributed by atoms with Gasteiger partial charge in [0, 0.05) is 5.16 Å². The van der Waals surface area contributed by atoms with Crippen molar-refractivity contribution in [2.24, 2.45) is 0 Å². The van der Waals surface area contributed by atoms with E-state index >= 15 is 0 Å². The molecule has 0 aliphatic heterocycles. The van der Waals surface area contributed by atoms with Crippen LogP contribution in [0.3, 0.4) is 0 Å². The Morgan fingerprint density at radius 2 is 1.84 bits per heavy atom. The van der Waals surface area contributed by atoms with Crippen LogP contribution in [0.4, 0.5) is 0 Å². The van der Waals surface area contributed by atoms with Crippen molar-refractivity contribution in [3.63, 3.8) is 0 Å². The van der Waals surface area contributed by atoms with E-state index in [9.17, 15) is 5.21 Å².